The molecule has 0 aliphatic carbocycles. The van der Waals surface area contributed by atoms with Crippen LogP contribution in [0.1, 0.15) is 42.6 Å². The van der Waals surface area contributed by atoms with Gasteiger partial charge < -0.3 is 10.1 Å². The van der Waals surface area contributed by atoms with E-state index in [2.05, 4.69) is 47.5 Å². The molecule has 4 nitrogen and oxygen atoms in total. The molecule has 0 spiro atoms. The van der Waals surface area contributed by atoms with Gasteiger partial charge in [-0.1, -0.05) is 49.4 Å². The van der Waals surface area contributed by atoms with Crippen LogP contribution in [0.15, 0.2) is 54.6 Å². The molecule has 2 atom stereocenters. The summed E-state index contributed by atoms with van der Waals surface area (Å²) in [4.78, 5) is 14.8. The maximum absolute atomic E-state index is 12.3. The Bertz CT molecular complexity index is 777. The second kappa shape index (κ2) is 9.35. The number of carbonyl (C=O) groups excluding carboxylic acids is 1. The minimum atomic E-state index is -0.308. The third-order valence-corrected chi connectivity index (χ3v) is 5.91. The number of piperidine rings is 1. The largest absolute Gasteiger partial charge is 0.379 e. The van der Waals surface area contributed by atoms with Gasteiger partial charge in [0, 0.05) is 44.4 Å². The summed E-state index contributed by atoms with van der Waals surface area (Å²) in [6.45, 7) is 7.00. The molecule has 2 unspecified atom stereocenters. The average molecular weight is 381 g/mol. The molecule has 28 heavy (non-hydrogen) atoms. The van der Waals surface area contributed by atoms with Gasteiger partial charge in [-0.2, -0.15) is 0 Å². The van der Waals surface area contributed by atoms with Crippen molar-refractivity contribution in [3.05, 3.63) is 65.7 Å². The van der Waals surface area contributed by atoms with Crippen LogP contribution in [-0.2, 0) is 11.2 Å². The summed E-state index contributed by atoms with van der Waals surface area (Å²) in [6.07, 6.45) is 2.54. The van der Waals surface area contributed by atoms with E-state index in [4.69, 9.17) is 4.74 Å². The molecule has 1 aliphatic heterocycles. The Hall–Kier alpha value is -2.17. The lowest BCUT2D eigenvalue weighted by Crippen LogP contribution is -2.59. The average Bonchev–Trinajstić information content (AvgIpc) is 2.74. The fourth-order valence-electron chi connectivity index (χ4n) is 4.03. The number of para-hydroxylation sites is 1. The van der Waals surface area contributed by atoms with Gasteiger partial charge in [-0.3, -0.25) is 9.69 Å². The van der Waals surface area contributed by atoms with Crippen LogP contribution < -0.4 is 5.32 Å². The minimum Gasteiger partial charge on any atom is -0.379 e. The van der Waals surface area contributed by atoms with Crippen LogP contribution in [0.5, 0.6) is 0 Å². The number of anilines is 1. The van der Waals surface area contributed by atoms with E-state index in [1.165, 1.54) is 5.56 Å². The van der Waals surface area contributed by atoms with Crippen molar-refractivity contribution in [3.8, 4) is 0 Å². The highest BCUT2D eigenvalue weighted by Gasteiger charge is 2.40. The van der Waals surface area contributed by atoms with Gasteiger partial charge in [0.25, 0.3) is 0 Å². The number of carbonyl (C=O) groups is 1. The highest BCUT2D eigenvalue weighted by atomic mass is 16.5. The molecule has 1 fully saturated rings. The standard InChI is InChI=1S/C24H32N2O2/c1-4-22(27)20-12-8-9-13-21(20)25-23-15-17-26(18-24(23,2)28-3)16-14-19-10-6-5-7-11-19/h5-13,23,25H,4,14-18H2,1-3H3. The summed E-state index contributed by atoms with van der Waals surface area (Å²) in [6, 6.07) is 18.6. The Morgan fingerprint density at radius 1 is 1.18 bits per heavy atom. The molecule has 2 aromatic carbocycles. The van der Waals surface area contributed by atoms with Crippen molar-refractivity contribution in [2.75, 3.05) is 32.1 Å². The molecule has 150 valence electrons. The number of hydrogen-bond acceptors (Lipinski definition) is 4. The highest BCUT2D eigenvalue weighted by Crippen LogP contribution is 2.29. The van der Waals surface area contributed by atoms with Gasteiger partial charge in [-0.15, -0.1) is 0 Å². The van der Waals surface area contributed by atoms with Crippen LogP contribution in [-0.4, -0.2) is 49.1 Å². The predicted molar refractivity (Wildman–Crippen MR) is 115 cm³/mol. The number of nitrogens with zero attached hydrogens (tertiary/aromatic N) is 1. The zero-order chi connectivity index (χ0) is 20.0. The van der Waals surface area contributed by atoms with E-state index in [9.17, 15) is 4.79 Å². The first-order valence-electron chi connectivity index (χ1n) is 10.3. The second-order valence-electron chi connectivity index (χ2n) is 7.84. The molecule has 1 N–H and O–H groups in total. The van der Waals surface area contributed by atoms with Gasteiger partial charge in [0.2, 0.25) is 0 Å². The van der Waals surface area contributed by atoms with E-state index in [0.29, 0.717) is 6.42 Å². The van der Waals surface area contributed by atoms with Crippen molar-refractivity contribution in [1.29, 1.82) is 0 Å². The van der Waals surface area contributed by atoms with Gasteiger partial charge in [0.1, 0.15) is 0 Å². The number of methoxy groups -OCH3 is 1. The fourth-order valence-corrected chi connectivity index (χ4v) is 4.03. The summed E-state index contributed by atoms with van der Waals surface area (Å²) in [5, 5.41) is 3.63. The van der Waals surface area contributed by atoms with Crippen LogP contribution in [0.2, 0.25) is 0 Å². The molecule has 0 amide bonds. The van der Waals surface area contributed by atoms with Crippen LogP contribution in [0.4, 0.5) is 5.69 Å². The predicted octanol–water partition coefficient (Wildman–Crippen LogP) is 4.41. The summed E-state index contributed by atoms with van der Waals surface area (Å²) in [5.74, 6) is 0.169. The summed E-state index contributed by atoms with van der Waals surface area (Å²) < 4.78 is 5.98. The fraction of sp³-hybridized carbons (Fsp3) is 0.458. The molecule has 4 heteroatoms. The third kappa shape index (κ3) is 4.81. The zero-order valence-corrected chi connectivity index (χ0v) is 17.3. The number of ketones is 1. The van der Waals surface area contributed by atoms with Gasteiger partial charge >= 0.3 is 0 Å². The molecule has 1 heterocycles. The van der Waals surface area contributed by atoms with Crippen molar-refractivity contribution in [2.24, 2.45) is 0 Å². The number of ether oxygens (including phenoxy) is 1. The number of nitrogens with one attached hydrogen (secondary N) is 1. The molecule has 0 bridgehead atoms. The normalized spacial score (nSPS) is 22.8. The maximum Gasteiger partial charge on any atom is 0.164 e. The Morgan fingerprint density at radius 3 is 2.61 bits per heavy atom. The molecule has 3 rings (SSSR count). The molecule has 2 aromatic rings. The van der Waals surface area contributed by atoms with Crippen LogP contribution >= 0.6 is 0 Å². The van der Waals surface area contributed by atoms with Crippen molar-refractivity contribution >= 4 is 11.5 Å². The Morgan fingerprint density at radius 2 is 1.89 bits per heavy atom. The lowest BCUT2D eigenvalue weighted by Gasteiger charge is -2.46. The Labute approximate surface area is 168 Å². The van der Waals surface area contributed by atoms with E-state index >= 15 is 0 Å². The highest BCUT2D eigenvalue weighted by molar-refractivity contribution is 6.01. The molecule has 1 saturated heterocycles. The molecular formula is C24H32N2O2. The number of likely N-dealkylation sites (tertiary alicyclic amines) is 1. The van der Waals surface area contributed by atoms with Crippen LogP contribution in [0.25, 0.3) is 0 Å². The Balaban J connectivity index is 1.67. The first-order valence-corrected chi connectivity index (χ1v) is 10.3. The second-order valence-corrected chi connectivity index (χ2v) is 7.84. The minimum absolute atomic E-state index is 0.163. The van der Waals surface area contributed by atoms with Gasteiger partial charge in [-0.25, -0.2) is 0 Å². The Kier molecular flexibility index (Phi) is 6.87. The van der Waals surface area contributed by atoms with Gasteiger partial charge in [0.05, 0.1) is 11.6 Å². The van der Waals surface area contributed by atoms with E-state index in [1.54, 1.807) is 7.11 Å². The quantitative estimate of drug-likeness (QED) is 0.689. The van der Waals surface area contributed by atoms with Gasteiger partial charge in [-0.05, 0) is 37.5 Å². The smallest absolute Gasteiger partial charge is 0.164 e. The molecule has 0 radical (unpaired) electrons. The van der Waals surface area contributed by atoms with E-state index in [0.717, 1.165) is 43.7 Å². The number of hydrogen-bond donors (Lipinski definition) is 1. The molecular weight excluding hydrogens is 348 g/mol. The number of benzene rings is 2. The first-order chi connectivity index (χ1) is 13.6. The molecule has 0 saturated carbocycles. The van der Waals surface area contributed by atoms with Crippen molar-refractivity contribution in [3.63, 3.8) is 0 Å². The van der Waals surface area contributed by atoms with E-state index < -0.39 is 0 Å². The van der Waals surface area contributed by atoms with Crippen molar-refractivity contribution in [1.82, 2.24) is 4.90 Å². The SMILES string of the molecule is CCC(=O)c1ccccc1NC1CCN(CCc2ccccc2)CC1(C)OC. The summed E-state index contributed by atoms with van der Waals surface area (Å²) in [5.41, 5.74) is 2.75. The number of rotatable bonds is 8. The van der Waals surface area contributed by atoms with Crippen LogP contribution in [0.3, 0.4) is 0 Å². The topological polar surface area (TPSA) is 41.6 Å². The lowest BCUT2D eigenvalue weighted by atomic mass is 9.87. The first kappa shape index (κ1) is 20.6. The molecule has 0 aromatic heterocycles. The van der Waals surface area contributed by atoms with E-state index in [1.807, 2.05) is 31.2 Å². The van der Waals surface area contributed by atoms with Gasteiger partial charge in [0.15, 0.2) is 5.78 Å². The third-order valence-electron chi connectivity index (χ3n) is 5.91. The summed E-state index contributed by atoms with van der Waals surface area (Å²) in [7, 11) is 1.79. The van der Waals surface area contributed by atoms with Crippen LogP contribution in [0, 0.1) is 0 Å². The number of Topliss-reactive ketones (excluding diaryl/α,β-unsaturated/α-hetero) is 1. The van der Waals surface area contributed by atoms with Crippen molar-refractivity contribution < 1.29 is 9.53 Å². The van der Waals surface area contributed by atoms with Crippen molar-refractivity contribution in [2.45, 2.75) is 44.8 Å². The lowest BCUT2D eigenvalue weighted by molar-refractivity contribution is -0.0590. The van der Waals surface area contributed by atoms with E-state index in [-0.39, 0.29) is 17.4 Å². The zero-order valence-electron chi connectivity index (χ0n) is 17.3. The monoisotopic (exact) mass is 380 g/mol. The maximum atomic E-state index is 12.3. The summed E-state index contributed by atoms with van der Waals surface area (Å²) >= 11 is 0. The molecule has 1 aliphatic rings.